The third kappa shape index (κ3) is 9.75. The van der Waals surface area contributed by atoms with Crippen LogP contribution in [-0.4, -0.2) is 241 Å². The van der Waals surface area contributed by atoms with Gasteiger partial charge < -0.3 is 43.7 Å². The lowest BCUT2D eigenvalue weighted by Crippen LogP contribution is -2.90. The van der Waals surface area contributed by atoms with Crippen LogP contribution in [0.1, 0.15) is 0 Å². The first-order valence-electron chi connectivity index (χ1n) is 11.0. The molecule has 34 heteroatoms. The van der Waals surface area contributed by atoms with E-state index in [4.69, 9.17) is 139 Å². The summed E-state index contributed by atoms with van der Waals surface area (Å²) in [4.78, 5) is 0. The summed E-state index contributed by atoms with van der Waals surface area (Å²) in [6.07, 6.45) is -16.7. The Morgan fingerprint density at radius 2 is 0.412 bits per heavy atom. The summed E-state index contributed by atoms with van der Waals surface area (Å²) in [5.41, 5.74) is 0. The molecule has 0 amide bonds. The van der Waals surface area contributed by atoms with Crippen LogP contribution in [0.4, 0.5) is 0 Å². The van der Waals surface area contributed by atoms with E-state index in [9.17, 15) is 0 Å². The first-order chi connectivity index (χ1) is 15.4. The summed E-state index contributed by atoms with van der Waals surface area (Å²) in [6.45, 7) is 0. The highest BCUT2D eigenvalue weighted by Crippen LogP contribution is 2.16. The molecule has 0 heterocycles. The molecule has 0 fully saturated rings. The maximum atomic E-state index is 6.24. The largest absolute Gasteiger partial charge is 0.729 e. The van der Waals surface area contributed by atoms with E-state index in [1.54, 1.807) is 0 Å². The molecule has 0 aliphatic rings. The van der Waals surface area contributed by atoms with Crippen LogP contribution in [0.25, 0.3) is 0 Å². The fourth-order valence-corrected chi connectivity index (χ4v) is 5.39. The Kier molecular flexibility index (Phi) is 17.4. The van der Waals surface area contributed by atoms with E-state index in [1.165, 1.54) is 0 Å². The quantitative estimate of drug-likeness (QED) is 0.252. The van der Waals surface area contributed by atoms with Gasteiger partial charge in [0.2, 0.25) is 0 Å². The molecule has 0 nitrogen and oxygen atoms in total. The molecule has 0 aromatic carbocycles. The molecule has 0 aliphatic heterocycles. The molecule has 0 N–H and O–H groups in total. The minimum atomic E-state index is -1.16. The van der Waals surface area contributed by atoms with Crippen molar-refractivity contribution in [2.75, 3.05) is 0 Å². The summed E-state index contributed by atoms with van der Waals surface area (Å²) in [7, 11) is 110. The lowest BCUT2D eigenvalue weighted by atomic mass is 8.29. The van der Waals surface area contributed by atoms with Crippen molar-refractivity contribution in [2.45, 2.75) is 0 Å². The summed E-state index contributed by atoms with van der Waals surface area (Å²) in [6, 6.07) is 0. The highest BCUT2D eigenvalue weighted by molar-refractivity contribution is 8.29. The van der Waals surface area contributed by atoms with E-state index in [-0.39, 0.29) is 0 Å². The molecule has 106 valence electrons. The minimum Gasteiger partial charge on any atom is -0.729 e. The standard InChI is InChI=1S/B34/c1-19(2)28(20(3)4)32(27(17)18)34(31(25(13)14)26(15)16)33(29(21(5)6)22(7)8)30(23(9)10)24(11)12/q-4. The van der Waals surface area contributed by atoms with Crippen LogP contribution in [0.5, 0.6) is 0 Å². The van der Waals surface area contributed by atoms with Gasteiger partial charge in [0.15, 0.2) is 0 Å². The van der Waals surface area contributed by atoms with Crippen molar-refractivity contribution < 1.29 is 0 Å². The normalized spacial score (nSPS) is 9.65. The van der Waals surface area contributed by atoms with Gasteiger partial charge in [-0.3, -0.25) is 0 Å². The van der Waals surface area contributed by atoms with E-state index in [0.717, 1.165) is 0 Å². The Hall–Kier alpha value is 2.21. The van der Waals surface area contributed by atoms with Crippen molar-refractivity contribution in [3.63, 3.8) is 0 Å². The predicted molar refractivity (Wildman–Crippen MR) is 196 cm³/mol. The molecule has 0 bridgehead atoms. The molecule has 0 unspecified atom stereocenters. The van der Waals surface area contributed by atoms with Crippen molar-refractivity contribution >= 4 is 241 Å². The summed E-state index contributed by atoms with van der Waals surface area (Å²) in [5, 5.41) is 0. The average Bonchev–Trinajstić information content (AvgIpc) is 2.60. The van der Waals surface area contributed by atoms with E-state index >= 15 is 0 Å². The van der Waals surface area contributed by atoms with Crippen LogP contribution in [0, 0.1) is 0 Å². The molecule has 0 aliphatic carbocycles. The van der Waals surface area contributed by atoms with Gasteiger partial charge in [0, 0.05) is 0 Å². The fourth-order valence-electron chi connectivity index (χ4n) is 5.39. The van der Waals surface area contributed by atoms with Gasteiger partial charge in [-0.05, 0) is 191 Å². The first kappa shape index (κ1) is 36.2. The Morgan fingerprint density at radius 3 is 0.559 bits per heavy atom. The third-order valence-corrected chi connectivity index (χ3v) is 6.67. The minimum absolute atomic E-state index is 0.917. The molecule has 0 atom stereocenters. The number of hydrogen-bond donors (Lipinski definition) is 0. The Labute approximate surface area is 240 Å². The molecule has 0 spiro atoms. The maximum Gasteiger partial charge on any atom is -0.000000000000323 e. The molecule has 0 rings (SSSR count). The molecule has 0 saturated heterocycles. The lowest BCUT2D eigenvalue weighted by molar-refractivity contribution is 3.24. The Bertz CT molecular complexity index is 466. The second-order valence-corrected chi connectivity index (χ2v) is 9.24. The van der Waals surface area contributed by atoms with Gasteiger partial charge >= 0.3 is 0 Å². The highest BCUT2D eigenvalue weighted by Gasteiger charge is 2.52. The van der Waals surface area contributed by atoms with E-state index in [0.29, 0.717) is 0 Å². The van der Waals surface area contributed by atoms with E-state index < -0.39 is 102 Å². The zero-order valence-corrected chi connectivity index (χ0v) is 19.6. The van der Waals surface area contributed by atoms with Crippen molar-refractivity contribution in [2.24, 2.45) is 0 Å². The molecular weight excluding hydrogens is 368 g/mol. The molecule has 0 aromatic heterocycles. The maximum absolute atomic E-state index is 6.24. The molecule has 40 radical (unpaired) electrons. The van der Waals surface area contributed by atoms with Crippen LogP contribution >= 0.6 is 0 Å². The first-order valence-corrected chi connectivity index (χ1v) is 11.0. The second kappa shape index (κ2) is 16.3. The van der Waals surface area contributed by atoms with Gasteiger partial charge in [0.05, 0.1) is 0 Å². The fraction of sp³-hybridized carbons (Fsp3) is 0. The lowest BCUT2D eigenvalue weighted by Gasteiger charge is -2.65. The number of rotatable bonds is 15. The zero-order chi connectivity index (χ0) is 27.2. The molecular formula is B34-4. The van der Waals surface area contributed by atoms with Crippen LogP contribution < -0.4 is 0 Å². The highest BCUT2D eigenvalue weighted by atomic mass is 13.4. The SMILES string of the molecule is [B]B([B])B(B([B])[B])B(B(B([B])[B])B([B])[B])B(B(B([B])[B])B([B])[B])B(B([B])[B])B(B([B-])[B-])B([B-])[B-]. The van der Waals surface area contributed by atoms with Gasteiger partial charge in [-0.15, -0.1) is 6.39 Å². The monoisotopic (exact) mass is 374 g/mol. The van der Waals surface area contributed by atoms with Gasteiger partial charge in [-0.2, -0.15) is 0 Å². The van der Waals surface area contributed by atoms with Gasteiger partial charge in [-0.1, -0.05) is 0 Å². The summed E-state index contributed by atoms with van der Waals surface area (Å²) < 4.78 is 0. The van der Waals surface area contributed by atoms with Crippen LogP contribution in [0.2, 0.25) is 0 Å². The van der Waals surface area contributed by atoms with E-state index in [2.05, 4.69) is 0 Å². The average molecular weight is 368 g/mol. The number of hydrogen-bond acceptors (Lipinski definition) is 0. The van der Waals surface area contributed by atoms with Crippen molar-refractivity contribution in [3.8, 4) is 0 Å². The van der Waals surface area contributed by atoms with Gasteiger partial charge in [-0.25, -0.2) is 0 Å². The second-order valence-electron chi connectivity index (χ2n) is 9.24. The van der Waals surface area contributed by atoms with Gasteiger partial charge in [0.1, 0.15) is 0 Å². The van der Waals surface area contributed by atoms with Crippen molar-refractivity contribution in [3.05, 3.63) is 0 Å². The topological polar surface area (TPSA) is 0 Å². The van der Waals surface area contributed by atoms with Crippen molar-refractivity contribution in [1.29, 1.82) is 0 Å². The Morgan fingerprint density at radius 1 is 0.235 bits per heavy atom. The van der Waals surface area contributed by atoms with Crippen molar-refractivity contribution in [1.82, 2.24) is 0 Å². The molecule has 34 heavy (non-hydrogen) atoms. The van der Waals surface area contributed by atoms with Crippen LogP contribution in [0.15, 0.2) is 0 Å². The van der Waals surface area contributed by atoms with Crippen LogP contribution in [0.3, 0.4) is 0 Å². The Balaban J connectivity index is 7.58. The zero-order valence-electron chi connectivity index (χ0n) is 19.6. The predicted octanol–water partition coefficient (Wildman–Crippen LogP) is -12.9. The van der Waals surface area contributed by atoms with E-state index in [1.807, 2.05) is 0 Å². The van der Waals surface area contributed by atoms with Gasteiger partial charge in [0.25, 0.3) is 0 Å². The summed E-state index contributed by atoms with van der Waals surface area (Å²) >= 11 is 0. The molecule has 0 saturated carbocycles. The summed E-state index contributed by atoms with van der Waals surface area (Å²) in [5.74, 6) is 0. The van der Waals surface area contributed by atoms with Crippen LogP contribution in [-0.2, 0) is 0 Å². The smallest absolute Gasteiger partial charge is 0.000000000000323 e. The third-order valence-electron chi connectivity index (χ3n) is 6.67. The molecule has 0 aromatic rings.